The standard InChI is InChI=1S/C25H51N11O7/c26-10-3-1-6-16(34-20(39)9-13-37)22(41)33-15-21(40)35-18(7-2-4-11-27)24(43)36-17(8-5-12-31-25(29)30)23(42)32-14-19(28)38/h16-18,25,31,37H,1-15,26-27,29-30H2,(H2,28,38)(H,32,42)(H,33,41)(H,34,39)(H,35,40)(H,36,43)/t16-,17-,18-/m0/s1. The molecule has 0 radical (unpaired) electrons. The molecule has 3 atom stereocenters. The van der Waals surface area contributed by atoms with Gasteiger partial charge in [-0.05, 0) is 71.0 Å². The molecule has 0 fully saturated rings. The highest BCUT2D eigenvalue weighted by atomic mass is 16.3. The van der Waals surface area contributed by atoms with Crippen LogP contribution < -0.4 is 60.6 Å². The molecule has 248 valence electrons. The maximum atomic E-state index is 13.2. The van der Waals surface area contributed by atoms with Gasteiger partial charge in [-0.3, -0.25) is 34.1 Å². The smallest absolute Gasteiger partial charge is 0.243 e. The average Bonchev–Trinajstić information content (AvgIpc) is 2.95. The predicted molar refractivity (Wildman–Crippen MR) is 158 cm³/mol. The lowest BCUT2D eigenvalue weighted by Gasteiger charge is -2.24. The summed E-state index contributed by atoms with van der Waals surface area (Å²) in [5.74, 6) is -3.88. The summed E-state index contributed by atoms with van der Waals surface area (Å²) < 4.78 is 0. The van der Waals surface area contributed by atoms with Gasteiger partial charge in [0, 0.05) is 6.42 Å². The molecule has 0 spiro atoms. The molecule has 0 aromatic rings. The molecular formula is C25H51N11O7. The molecule has 0 aromatic carbocycles. The van der Waals surface area contributed by atoms with E-state index >= 15 is 0 Å². The van der Waals surface area contributed by atoms with Gasteiger partial charge in [-0.2, -0.15) is 0 Å². The lowest BCUT2D eigenvalue weighted by Crippen LogP contribution is -2.56. The van der Waals surface area contributed by atoms with Crippen LogP contribution in [0.2, 0.25) is 0 Å². The number of nitrogens with one attached hydrogen (secondary N) is 6. The number of hydrogen-bond acceptors (Lipinski definition) is 12. The summed E-state index contributed by atoms with van der Waals surface area (Å²) in [6.07, 6.45) is 2.29. The highest BCUT2D eigenvalue weighted by Gasteiger charge is 2.27. The zero-order valence-electron chi connectivity index (χ0n) is 24.7. The Kier molecular flexibility index (Phi) is 22.2. The average molecular weight is 618 g/mol. The van der Waals surface area contributed by atoms with Crippen LogP contribution in [0, 0.1) is 0 Å². The molecule has 0 heterocycles. The number of unbranched alkanes of at least 4 members (excludes halogenated alkanes) is 2. The molecule has 43 heavy (non-hydrogen) atoms. The second-order valence-corrected chi connectivity index (χ2v) is 9.87. The second-order valence-electron chi connectivity index (χ2n) is 9.87. The molecule has 6 amide bonds. The number of rotatable bonds is 25. The normalized spacial score (nSPS) is 13.0. The van der Waals surface area contributed by atoms with Gasteiger partial charge < -0.3 is 60.4 Å². The van der Waals surface area contributed by atoms with Crippen molar-refractivity contribution in [2.24, 2.45) is 28.7 Å². The first-order valence-electron chi connectivity index (χ1n) is 14.4. The molecule has 17 N–H and O–H groups in total. The first-order chi connectivity index (χ1) is 20.4. The first-order valence-corrected chi connectivity index (χ1v) is 14.4. The van der Waals surface area contributed by atoms with E-state index in [4.69, 9.17) is 33.8 Å². The zero-order valence-corrected chi connectivity index (χ0v) is 24.7. The number of amides is 6. The molecule has 18 heteroatoms. The van der Waals surface area contributed by atoms with Crippen LogP contribution in [0.5, 0.6) is 0 Å². The van der Waals surface area contributed by atoms with E-state index in [2.05, 4.69) is 31.9 Å². The van der Waals surface area contributed by atoms with E-state index in [0.717, 1.165) is 0 Å². The number of hydrogen-bond donors (Lipinski definition) is 12. The van der Waals surface area contributed by atoms with Gasteiger partial charge >= 0.3 is 0 Å². The minimum absolute atomic E-state index is 0.156. The maximum Gasteiger partial charge on any atom is 0.243 e. The van der Waals surface area contributed by atoms with E-state index < -0.39 is 72.9 Å². The summed E-state index contributed by atoms with van der Waals surface area (Å²) in [7, 11) is 0. The third kappa shape index (κ3) is 20.2. The van der Waals surface area contributed by atoms with Gasteiger partial charge in [-0.25, -0.2) is 0 Å². The van der Waals surface area contributed by atoms with Crippen LogP contribution in [-0.2, 0) is 28.8 Å². The summed E-state index contributed by atoms with van der Waals surface area (Å²) in [5, 5.41) is 24.2. The summed E-state index contributed by atoms with van der Waals surface area (Å²) >= 11 is 0. The Bertz CT molecular complexity index is 877. The van der Waals surface area contributed by atoms with Crippen LogP contribution in [0.15, 0.2) is 0 Å². The van der Waals surface area contributed by atoms with Crippen molar-refractivity contribution >= 4 is 35.4 Å². The fourth-order valence-corrected chi connectivity index (χ4v) is 3.84. The van der Waals surface area contributed by atoms with Crippen LogP contribution in [0.3, 0.4) is 0 Å². The van der Waals surface area contributed by atoms with Gasteiger partial charge in [0.15, 0.2) is 0 Å². The van der Waals surface area contributed by atoms with Crippen LogP contribution in [0.25, 0.3) is 0 Å². The summed E-state index contributed by atoms with van der Waals surface area (Å²) in [6.45, 7) is -0.193. The largest absolute Gasteiger partial charge is 0.396 e. The fraction of sp³-hybridized carbons (Fsp3) is 0.760. The van der Waals surface area contributed by atoms with Crippen molar-refractivity contribution in [3.05, 3.63) is 0 Å². The molecule has 0 aliphatic carbocycles. The van der Waals surface area contributed by atoms with Crippen molar-refractivity contribution in [2.75, 3.05) is 39.3 Å². The Labute approximate surface area is 251 Å². The molecule has 0 aromatic heterocycles. The van der Waals surface area contributed by atoms with Gasteiger partial charge in [0.25, 0.3) is 0 Å². The predicted octanol–water partition coefficient (Wildman–Crippen LogP) is -5.63. The number of aliphatic hydroxyl groups excluding tert-OH is 1. The number of nitrogens with two attached hydrogens (primary N) is 5. The van der Waals surface area contributed by atoms with E-state index in [1.807, 2.05) is 0 Å². The third-order valence-corrected chi connectivity index (χ3v) is 6.08. The fourth-order valence-electron chi connectivity index (χ4n) is 3.84. The lowest BCUT2D eigenvalue weighted by atomic mass is 10.1. The van der Waals surface area contributed by atoms with E-state index in [0.29, 0.717) is 51.7 Å². The Morgan fingerprint density at radius 2 is 1.12 bits per heavy atom. The van der Waals surface area contributed by atoms with Gasteiger partial charge in [-0.15, -0.1) is 0 Å². The van der Waals surface area contributed by atoms with Gasteiger partial charge in [0.05, 0.1) is 19.7 Å². The van der Waals surface area contributed by atoms with E-state index in [1.54, 1.807) is 0 Å². The van der Waals surface area contributed by atoms with Crippen molar-refractivity contribution < 1.29 is 33.9 Å². The van der Waals surface area contributed by atoms with Crippen LogP contribution >= 0.6 is 0 Å². The van der Waals surface area contributed by atoms with Crippen molar-refractivity contribution in [3.8, 4) is 0 Å². The molecule has 0 bridgehead atoms. The van der Waals surface area contributed by atoms with Crippen LogP contribution in [-0.4, -0.2) is 104 Å². The molecule has 0 aliphatic rings. The van der Waals surface area contributed by atoms with Crippen molar-refractivity contribution in [1.82, 2.24) is 31.9 Å². The van der Waals surface area contributed by atoms with Crippen LogP contribution in [0.1, 0.15) is 57.8 Å². The van der Waals surface area contributed by atoms with Gasteiger partial charge in [0.2, 0.25) is 35.4 Å². The maximum absolute atomic E-state index is 13.2. The van der Waals surface area contributed by atoms with E-state index in [9.17, 15) is 28.8 Å². The number of carbonyl (C=O) groups is 6. The molecule has 0 saturated heterocycles. The molecular weight excluding hydrogens is 566 g/mol. The Hall–Kier alpha value is -3.42. The molecule has 18 nitrogen and oxygen atoms in total. The third-order valence-electron chi connectivity index (χ3n) is 6.08. The summed E-state index contributed by atoms with van der Waals surface area (Å²) in [5.41, 5.74) is 27.1. The monoisotopic (exact) mass is 617 g/mol. The molecule has 0 unspecified atom stereocenters. The molecule has 0 rings (SSSR count). The van der Waals surface area contributed by atoms with Gasteiger partial charge in [-0.1, -0.05) is 0 Å². The minimum Gasteiger partial charge on any atom is -0.396 e. The highest BCUT2D eigenvalue weighted by molar-refractivity contribution is 5.94. The van der Waals surface area contributed by atoms with Gasteiger partial charge in [0.1, 0.15) is 24.4 Å². The second kappa shape index (κ2) is 24.1. The lowest BCUT2D eigenvalue weighted by molar-refractivity contribution is -0.133. The topological polar surface area (TPSA) is 325 Å². The minimum atomic E-state index is -1.07. The Morgan fingerprint density at radius 1 is 0.628 bits per heavy atom. The Balaban J connectivity index is 5.40. The Morgan fingerprint density at radius 3 is 1.63 bits per heavy atom. The number of primary amides is 1. The van der Waals surface area contributed by atoms with Crippen molar-refractivity contribution in [2.45, 2.75) is 82.2 Å². The number of carbonyl (C=O) groups excluding carboxylic acids is 6. The quantitative estimate of drug-likeness (QED) is 0.0337. The molecule has 0 saturated carbocycles. The van der Waals surface area contributed by atoms with E-state index in [-0.39, 0.29) is 32.3 Å². The van der Waals surface area contributed by atoms with Crippen molar-refractivity contribution in [3.63, 3.8) is 0 Å². The summed E-state index contributed by atoms with van der Waals surface area (Å²) in [6, 6.07) is -3.07. The highest BCUT2D eigenvalue weighted by Crippen LogP contribution is 2.05. The van der Waals surface area contributed by atoms with Crippen molar-refractivity contribution in [1.29, 1.82) is 0 Å². The van der Waals surface area contributed by atoms with E-state index in [1.165, 1.54) is 0 Å². The SMILES string of the molecule is NCCCC[C@H](NC(=O)CCO)C(=O)NCC(=O)N[C@@H](CCCCN)C(=O)N[C@@H](CCCNC(N)N)C(=O)NCC(N)=O. The molecule has 0 aliphatic heterocycles. The summed E-state index contributed by atoms with van der Waals surface area (Å²) in [4.78, 5) is 74.4. The number of aliphatic hydroxyl groups is 1. The first kappa shape index (κ1) is 39.6. The van der Waals surface area contributed by atoms with Crippen LogP contribution in [0.4, 0.5) is 0 Å². The zero-order chi connectivity index (χ0) is 32.6.